The van der Waals surface area contributed by atoms with Gasteiger partial charge in [0.25, 0.3) is 0 Å². The van der Waals surface area contributed by atoms with Crippen LogP contribution in [0.4, 0.5) is 8.78 Å². The third kappa shape index (κ3) is 2.74. The molecule has 108 valence electrons. The van der Waals surface area contributed by atoms with Gasteiger partial charge in [0.1, 0.15) is 11.6 Å². The Bertz CT molecular complexity index is 549. The second kappa shape index (κ2) is 5.00. The molecule has 1 amide bonds. The van der Waals surface area contributed by atoms with E-state index in [1.54, 1.807) is 0 Å². The average Bonchev–Trinajstić information content (AvgIpc) is 2.29. The Kier molecular flexibility index (Phi) is 3.67. The third-order valence-electron chi connectivity index (χ3n) is 3.64. The summed E-state index contributed by atoms with van der Waals surface area (Å²) in [6, 6.07) is 2.66. The summed E-state index contributed by atoms with van der Waals surface area (Å²) < 4.78 is 28.5. The maximum Gasteiger partial charge on any atom is 0.231 e. The van der Waals surface area contributed by atoms with Gasteiger partial charge >= 0.3 is 0 Å². The van der Waals surface area contributed by atoms with Gasteiger partial charge < -0.3 is 5.32 Å². The van der Waals surface area contributed by atoms with Crippen molar-refractivity contribution < 1.29 is 13.6 Å². The molecule has 2 rings (SSSR count). The standard InChI is InChI=1S/C16H19F2NO/c1-9-5-6-11(15(20)19-9)14-12(17)7-10(8-13(14)18)16(2,3)4/h7-8,11H,1,5-6H2,2-4H3,(H,19,20)/t11-/m1/s1. The van der Waals surface area contributed by atoms with E-state index >= 15 is 0 Å². The lowest BCUT2D eigenvalue weighted by Crippen LogP contribution is -2.34. The number of hydrogen-bond donors (Lipinski definition) is 1. The van der Waals surface area contributed by atoms with Gasteiger partial charge in [-0.3, -0.25) is 4.79 Å². The molecule has 4 heteroatoms. The summed E-state index contributed by atoms with van der Waals surface area (Å²) >= 11 is 0. The van der Waals surface area contributed by atoms with E-state index in [9.17, 15) is 13.6 Å². The monoisotopic (exact) mass is 279 g/mol. The molecule has 0 spiro atoms. The molecule has 0 aromatic heterocycles. The number of amides is 1. The van der Waals surface area contributed by atoms with E-state index in [4.69, 9.17) is 0 Å². The Labute approximate surface area is 117 Å². The van der Waals surface area contributed by atoms with Crippen LogP contribution >= 0.6 is 0 Å². The highest BCUT2D eigenvalue weighted by Crippen LogP contribution is 2.34. The zero-order valence-electron chi connectivity index (χ0n) is 12.0. The molecule has 1 aliphatic rings. The van der Waals surface area contributed by atoms with Crippen molar-refractivity contribution in [2.75, 3.05) is 0 Å². The zero-order valence-corrected chi connectivity index (χ0v) is 12.0. The van der Waals surface area contributed by atoms with E-state index in [0.717, 1.165) is 0 Å². The fraction of sp³-hybridized carbons (Fsp3) is 0.438. The van der Waals surface area contributed by atoms with Gasteiger partial charge in [0, 0.05) is 11.3 Å². The average molecular weight is 279 g/mol. The number of carbonyl (C=O) groups is 1. The van der Waals surface area contributed by atoms with Gasteiger partial charge in [-0.25, -0.2) is 8.78 Å². The van der Waals surface area contributed by atoms with E-state index < -0.39 is 17.6 Å². The summed E-state index contributed by atoms with van der Waals surface area (Å²) in [5, 5.41) is 2.56. The van der Waals surface area contributed by atoms with Crippen LogP contribution in [0.5, 0.6) is 0 Å². The first-order valence-electron chi connectivity index (χ1n) is 6.68. The quantitative estimate of drug-likeness (QED) is 0.833. The molecule has 1 aromatic rings. The van der Waals surface area contributed by atoms with Crippen LogP contribution in [0, 0.1) is 11.6 Å². The van der Waals surface area contributed by atoms with E-state index in [1.807, 2.05) is 20.8 Å². The van der Waals surface area contributed by atoms with Gasteiger partial charge in [-0.1, -0.05) is 27.4 Å². The molecule has 0 unspecified atom stereocenters. The molecule has 0 saturated carbocycles. The molecular weight excluding hydrogens is 260 g/mol. The lowest BCUT2D eigenvalue weighted by Gasteiger charge is -2.26. The van der Waals surface area contributed by atoms with Gasteiger partial charge in [-0.15, -0.1) is 0 Å². The van der Waals surface area contributed by atoms with Gasteiger partial charge in [0.05, 0.1) is 5.92 Å². The fourth-order valence-electron chi connectivity index (χ4n) is 2.40. The van der Waals surface area contributed by atoms with Crippen LogP contribution in [0.1, 0.15) is 50.7 Å². The molecule has 1 N–H and O–H groups in total. The highest BCUT2D eigenvalue weighted by Gasteiger charge is 2.31. The van der Waals surface area contributed by atoms with Crippen LogP contribution < -0.4 is 5.32 Å². The number of nitrogens with one attached hydrogen (secondary N) is 1. The van der Waals surface area contributed by atoms with Crippen LogP contribution in [-0.4, -0.2) is 5.91 Å². The van der Waals surface area contributed by atoms with E-state index in [2.05, 4.69) is 11.9 Å². The Balaban J connectivity index is 2.43. The normalized spacial score (nSPS) is 19.9. The largest absolute Gasteiger partial charge is 0.330 e. The first-order chi connectivity index (χ1) is 9.20. The Morgan fingerprint density at radius 1 is 1.25 bits per heavy atom. The number of rotatable bonds is 1. The molecule has 20 heavy (non-hydrogen) atoms. The SMILES string of the molecule is C=C1CC[C@H](c2c(F)cc(C(C)(C)C)cc2F)C(=O)N1. The molecule has 1 atom stereocenters. The first-order valence-corrected chi connectivity index (χ1v) is 6.68. The summed E-state index contributed by atoms with van der Waals surface area (Å²) in [5.41, 5.74) is 0.696. The van der Waals surface area contributed by atoms with Gasteiger partial charge in [-0.2, -0.15) is 0 Å². The fourth-order valence-corrected chi connectivity index (χ4v) is 2.40. The molecule has 1 heterocycles. The second-order valence-electron chi connectivity index (χ2n) is 6.29. The maximum atomic E-state index is 14.3. The lowest BCUT2D eigenvalue weighted by atomic mass is 9.83. The highest BCUT2D eigenvalue weighted by molar-refractivity contribution is 5.86. The molecule has 1 fully saturated rings. The molecule has 1 aromatic carbocycles. The van der Waals surface area contributed by atoms with Crippen LogP contribution in [0.3, 0.4) is 0 Å². The highest BCUT2D eigenvalue weighted by atomic mass is 19.1. The lowest BCUT2D eigenvalue weighted by molar-refractivity contribution is -0.123. The predicted molar refractivity (Wildman–Crippen MR) is 74.3 cm³/mol. The minimum absolute atomic E-state index is 0.136. The molecule has 0 bridgehead atoms. The van der Waals surface area contributed by atoms with Gasteiger partial charge in [0.15, 0.2) is 0 Å². The maximum absolute atomic E-state index is 14.3. The van der Waals surface area contributed by atoms with Crippen molar-refractivity contribution >= 4 is 5.91 Å². The van der Waals surface area contributed by atoms with Crippen molar-refractivity contribution in [1.29, 1.82) is 0 Å². The van der Waals surface area contributed by atoms with E-state index in [1.165, 1.54) is 12.1 Å². The topological polar surface area (TPSA) is 29.1 Å². The smallest absolute Gasteiger partial charge is 0.231 e. The van der Waals surface area contributed by atoms with Crippen molar-refractivity contribution in [3.8, 4) is 0 Å². The van der Waals surface area contributed by atoms with Crippen molar-refractivity contribution in [1.82, 2.24) is 5.32 Å². The van der Waals surface area contributed by atoms with E-state index in [-0.39, 0.29) is 16.9 Å². The number of halogens is 2. The number of hydrogen-bond acceptors (Lipinski definition) is 1. The third-order valence-corrected chi connectivity index (χ3v) is 3.64. The molecular formula is C16H19F2NO. The summed E-state index contributed by atoms with van der Waals surface area (Å²) in [6.07, 6.45) is 0.920. The summed E-state index contributed by atoms with van der Waals surface area (Å²) in [7, 11) is 0. The van der Waals surface area contributed by atoms with Crippen molar-refractivity contribution in [3.05, 3.63) is 47.2 Å². The number of benzene rings is 1. The molecule has 0 aliphatic carbocycles. The minimum atomic E-state index is -0.783. The van der Waals surface area contributed by atoms with Crippen molar-refractivity contribution in [2.24, 2.45) is 0 Å². The van der Waals surface area contributed by atoms with Crippen LogP contribution in [0.25, 0.3) is 0 Å². The second-order valence-corrected chi connectivity index (χ2v) is 6.29. The van der Waals surface area contributed by atoms with E-state index in [0.29, 0.717) is 24.1 Å². The van der Waals surface area contributed by atoms with Crippen molar-refractivity contribution in [3.63, 3.8) is 0 Å². The van der Waals surface area contributed by atoms with Crippen LogP contribution in [-0.2, 0) is 10.2 Å². The van der Waals surface area contributed by atoms with Crippen LogP contribution in [0.15, 0.2) is 24.4 Å². The first kappa shape index (κ1) is 14.7. The minimum Gasteiger partial charge on any atom is -0.330 e. The van der Waals surface area contributed by atoms with Gasteiger partial charge in [-0.05, 0) is 36.0 Å². The summed E-state index contributed by atoms with van der Waals surface area (Å²) in [6.45, 7) is 9.33. The van der Waals surface area contributed by atoms with Crippen molar-refractivity contribution in [2.45, 2.75) is 44.9 Å². The Morgan fingerprint density at radius 3 is 2.25 bits per heavy atom. The summed E-state index contributed by atoms with van der Waals surface area (Å²) in [4.78, 5) is 11.9. The molecule has 0 radical (unpaired) electrons. The van der Waals surface area contributed by atoms with Crippen LogP contribution in [0.2, 0.25) is 0 Å². The zero-order chi connectivity index (χ0) is 15.1. The number of allylic oxidation sites excluding steroid dienone is 1. The molecule has 2 nitrogen and oxygen atoms in total. The number of piperidine rings is 1. The Morgan fingerprint density at radius 2 is 1.80 bits per heavy atom. The van der Waals surface area contributed by atoms with Gasteiger partial charge in [0.2, 0.25) is 5.91 Å². The number of carbonyl (C=O) groups excluding carboxylic acids is 1. The Hall–Kier alpha value is -1.71. The summed E-state index contributed by atoms with van der Waals surface area (Å²) in [5.74, 6) is -2.47. The molecule has 1 aliphatic heterocycles. The molecule has 1 saturated heterocycles. The predicted octanol–water partition coefficient (Wildman–Crippen LogP) is 3.77.